The molecule has 0 radical (unpaired) electrons. The van der Waals surface area contributed by atoms with E-state index in [-0.39, 0.29) is 98.1 Å². The summed E-state index contributed by atoms with van der Waals surface area (Å²) < 4.78 is 46.7. The van der Waals surface area contributed by atoms with Crippen LogP contribution in [0.25, 0.3) is 33.2 Å². The largest absolute Gasteiger partial charge is 0.492 e. The van der Waals surface area contributed by atoms with Gasteiger partial charge in [0.2, 0.25) is 10.9 Å². The van der Waals surface area contributed by atoms with Crippen LogP contribution in [0.3, 0.4) is 0 Å². The first-order valence-electron chi connectivity index (χ1n) is 15.4. The Hall–Kier alpha value is -5.86. The quantitative estimate of drug-likeness (QED) is 0.227. The van der Waals surface area contributed by atoms with Crippen molar-refractivity contribution in [3.05, 3.63) is 105 Å². The van der Waals surface area contributed by atoms with Crippen molar-refractivity contribution in [1.29, 1.82) is 0 Å². The van der Waals surface area contributed by atoms with Gasteiger partial charge < -0.3 is 54.4 Å². The van der Waals surface area contributed by atoms with E-state index in [9.17, 15) is 38.2 Å². The van der Waals surface area contributed by atoms with Gasteiger partial charge in [-0.3, -0.25) is 9.59 Å². The van der Waals surface area contributed by atoms with Gasteiger partial charge in [-0.15, -0.1) is 24.8 Å². The van der Waals surface area contributed by atoms with Crippen LogP contribution in [0.15, 0.2) is 71.6 Å². The highest BCUT2D eigenvalue weighted by atomic mass is 35.5. The number of imidazole rings is 2. The average Bonchev–Trinajstić information content (AvgIpc) is 4.00. The number of benzene rings is 2. The van der Waals surface area contributed by atoms with Crippen molar-refractivity contribution in [2.45, 2.75) is 37.8 Å². The normalized spacial score (nSPS) is 12.7. The fourth-order valence-electron chi connectivity index (χ4n) is 6.12. The molecule has 0 amide bonds. The van der Waals surface area contributed by atoms with E-state index in [2.05, 4.69) is 9.97 Å². The van der Waals surface area contributed by atoms with Crippen LogP contribution in [0.2, 0.25) is 0 Å². The van der Waals surface area contributed by atoms with Gasteiger partial charge in [0, 0.05) is 49.3 Å². The number of nitrogens with zero attached hydrogens (tertiary/aromatic N) is 6. The van der Waals surface area contributed by atoms with Gasteiger partial charge in [0.05, 0.1) is 48.7 Å². The molecule has 21 heteroatoms. The molecule has 0 bridgehead atoms. The Kier molecular flexibility index (Phi) is 14.4. The molecule has 4 aromatic heterocycles. The Morgan fingerprint density at radius 2 is 1.04 bits per heavy atom. The lowest BCUT2D eigenvalue weighted by Gasteiger charge is -2.18. The van der Waals surface area contributed by atoms with Crippen molar-refractivity contribution in [3.63, 3.8) is 0 Å². The summed E-state index contributed by atoms with van der Waals surface area (Å²) in [6.45, 7) is 0. The Labute approximate surface area is 320 Å². The molecule has 4 heterocycles. The smallest absolute Gasteiger partial charge is 0.341 e. The standard InChI is InChI=1S/2C17H14FN3O4.2ClH.3H2O/c2*1-25-16-13-10(6-12(18)14(16)20-5-4-19-8-20)15(22)11(17(23)24)7-21(13)9-2-3-9;;;;;/h2*4-9H,2-3H2,1H3,(H,23,24);2*1H;3*1H2. The summed E-state index contributed by atoms with van der Waals surface area (Å²) in [5.74, 6) is -3.70. The van der Waals surface area contributed by atoms with Crippen molar-refractivity contribution < 1.29 is 54.5 Å². The number of aromatic carboxylic acids is 2. The van der Waals surface area contributed by atoms with Crippen LogP contribution in [-0.2, 0) is 0 Å². The van der Waals surface area contributed by atoms with Gasteiger partial charge in [0.15, 0.2) is 23.1 Å². The van der Waals surface area contributed by atoms with E-state index in [1.807, 2.05) is 0 Å². The minimum Gasteiger partial charge on any atom is -0.492 e. The highest BCUT2D eigenvalue weighted by molar-refractivity contribution is 5.97. The summed E-state index contributed by atoms with van der Waals surface area (Å²) in [7, 11) is 2.78. The molecule has 0 saturated heterocycles. The molecule has 2 saturated carbocycles. The number of carboxylic acid groups (broad SMARTS) is 2. The van der Waals surface area contributed by atoms with Crippen LogP contribution < -0.4 is 20.3 Å². The summed E-state index contributed by atoms with van der Waals surface area (Å²) in [6, 6.07) is 2.27. The van der Waals surface area contributed by atoms with E-state index in [0.717, 1.165) is 37.8 Å². The fraction of sp³-hybridized carbons (Fsp3) is 0.235. The second-order valence-electron chi connectivity index (χ2n) is 11.8. The minimum absolute atomic E-state index is 0. The molecule has 8 N–H and O–H groups in total. The number of fused-ring (bicyclic) bond motifs is 2. The Morgan fingerprint density at radius 1 is 0.691 bits per heavy atom. The fourth-order valence-corrected chi connectivity index (χ4v) is 6.12. The van der Waals surface area contributed by atoms with Crippen molar-refractivity contribution in [2.24, 2.45) is 0 Å². The number of carboxylic acids is 2. The van der Waals surface area contributed by atoms with Crippen LogP contribution >= 0.6 is 24.8 Å². The maximum atomic E-state index is 14.8. The number of ether oxygens (including phenoxy) is 2. The summed E-state index contributed by atoms with van der Waals surface area (Å²) in [4.78, 5) is 55.7. The number of rotatable bonds is 8. The molecule has 0 unspecified atom stereocenters. The molecule has 17 nitrogen and oxygen atoms in total. The number of hydrogen-bond acceptors (Lipinski definition) is 8. The molecule has 8 rings (SSSR count). The molecule has 2 fully saturated rings. The SMILES string of the molecule is COc1c(-n2ccnc2)c(F)cc2c(=O)c(C(=O)O)cn(C3CC3)c12.COc1c(-n2ccnc2)c(F)cc2c(=O)c(C(=O)O)cn(C3CC3)c12.Cl.Cl.O.O.O. The molecular formula is C34H36Cl2F2N6O11. The van der Waals surface area contributed by atoms with E-state index < -0.39 is 34.4 Å². The number of pyridine rings is 2. The van der Waals surface area contributed by atoms with Gasteiger partial charge in [0.1, 0.15) is 22.5 Å². The van der Waals surface area contributed by atoms with Gasteiger partial charge in [-0.25, -0.2) is 28.3 Å². The molecule has 2 aliphatic carbocycles. The Bertz CT molecular complexity index is 2300. The lowest BCUT2D eigenvalue weighted by atomic mass is 10.1. The van der Waals surface area contributed by atoms with E-state index in [1.54, 1.807) is 21.5 Å². The zero-order valence-electron chi connectivity index (χ0n) is 28.9. The third-order valence-electron chi connectivity index (χ3n) is 8.67. The molecule has 6 aromatic rings. The van der Waals surface area contributed by atoms with Crippen molar-refractivity contribution in [2.75, 3.05) is 14.2 Å². The van der Waals surface area contributed by atoms with Crippen molar-refractivity contribution in [1.82, 2.24) is 28.2 Å². The first-order valence-corrected chi connectivity index (χ1v) is 15.4. The summed E-state index contributed by atoms with van der Waals surface area (Å²) in [5.41, 5.74) is -1.17. The first kappa shape index (κ1) is 45.3. The van der Waals surface area contributed by atoms with Crippen molar-refractivity contribution in [3.8, 4) is 22.9 Å². The number of halogens is 4. The number of hydrogen-bond donors (Lipinski definition) is 2. The number of aromatic nitrogens is 6. The van der Waals surface area contributed by atoms with E-state index in [1.165, 1.54) is 60.8 Å². The van der Waals surface area contributed by atoms with Gasteiger partial charge >= 0.3 is 11.9 Å². The molecule has 0 spiro atoms. The summed E-state index contributed by atoms with van der Waals surface area (Å²) in [6.07, 6.45) is 15.1. The summed E-state index contributed by atoms with van der Waals surface area (Å²) in [5, 5.41) is 18.6. The molecule has 55 heavy (non-hydrogen) atoms. The highest BCUT2D eigenvalue weighted by Crippen LogP contribution is 2.43. The zero-order chi connectivity index (χ0) is 35.4. The maximum Gasteiger partial charge on any atom is 0.341 e. The predicted molar refractivity (Wildman–Crippen MR) is 199 cm³/mol. The zero-order valence-corrected chi connectivity index (χ0v) is 30.5. The molecule has 296 valence electrons. The second kappa shape index (κ2) is 17.5. The topological polar surface area (TPSA) is 267 Å². The molecule has 2 aromatic carbocycles. The third kappa shape index (κ3) is 7.87. The molecular weight excluding hydrogens is 777 g/mol. The van der Waals surface area contributed by atoms with Crippen LogP contribution in [0.1, 0.15) is 58.5 Å². The summed E-state index contributed by atoms with van der Waals surface area (Å²) >= 11 is 0. The lowest BCUT2D eigenvalue weighted by Crippen LogP contribution is -2.20. The van der Waals surface area contributed by atoms with E-state index in [4.69, 9.17) is 9.47 Å². The first-order chi connectivity index (χ1) is 24.0. The minimum atomic E-state index is -1.33. The van der Waals surface area contributed by atoms with Gasteiger partial charge in [-0.05, 0) is 37.8 Å². The lowest BCUT2D eigenvalue weighted by molar-refractivity contribution is 0.0684. The monoisotopic (exact) mass is 812 g/mol. The number of methoxy groups -OCH3 is 2. The van der Waals surface area contributed by atoms with Crippen molar-refractivity contribution >= 4 is 58.6 Å². The predicted octanol–water partition coefficient (Wildman–Crippen LogP) is 3.11. The molecule has 2 aliphatic rings. The number of carbonyl (C=O) groups is 2. The van der Waals surface area contributed by atoms with E-state index >= 15 is 0 Å². The van der Waals surface area contributed by atoms with Crippen LogP contribution in [-0.4, -0.2) is 81.0 Å². The third-order valence-corrected chi connectivity index (χ3v) is 8.67. The molecule has 0 aliphatic heterocycles. The Morgan fingerprint density at radius 3 is 1.29 bits per heavy atom. The van der Waals surface area contributed by atoms with E-state index in [0.29, 0.717) is 11.0 Å². The van der Waals surface area contributed by atoms with Crippen LogP contribution in [0.4, 0.5) is 8.78 Å². The van der Waals surface area contributed by atoms with Gasteiger partial charge in [0.25, 0.3) is 0 Å². The van der Waals surface area contributed by atoms with Gasteiger partial charge in [-0.2, -0.15) is 0 Å². The highest BCUT2D eigenvalue weighted by Gasteiger charge is 2.32. The Balaban J connectivity index is 0.000000348. The molecule has 0 atom stereocenters. The second-order valence-corrected chi connectivity index (χ2v) is 11.8. The average molecular weight is 814 g/mol. The van der Waals surface area contributed by atoms with Gasteiger partial charge in [-0.1, -0.05) is 0 Å². The van der Waals surface area contributed by atoms with Crippen LogP contribution in [0, 0.1) is 11.6 Å². The maximum absolute atomic E-state index is 14.8. The van der Waals surface area contributed by atoms with Crippen LogP contribution in [0.5, 0.6) is 11.5 Å².